The van der Waals surface area contributed by atoms with Crippen LogP contribution in [0, 0.1) is 6.92 Å². The Bertz CT molecular complexity index is 1050. The van der Waals surface area contributed by atoms with E-state index in [0.717, 1.165) is 5.56 Å². The summed E-state index contributed by atoms with van der Waals surface area (Å²) in [6.07, 6.45) is 1.63. The van der Waals surface area contributed by atoms with E-state index >= 15 is 0 Å². The molecule has 8 nitrogen and oxygen atoms in total. The minimum atomic E-state index is -3.82. The van der Waals surface area contributed by atoms with Gasteiger partial charge in [0.25, 0.3) is 10.0 Å². The molecule has 3 rings (SSSR count). The number of hydrogen-bond acceptors (Lipinski definition) is 7. The Kier molecular flexibility index (Phi) is 5.32. The summed E-state index contributed by atoms with van der Waals surface area (Å²) in [7, 11) is -3.82. The first-order valence-corrected chi connectivity index (χ1v) is 9.49. The number of rotatable bonds is 6. The standard InChI is InChI=1S/C18H18N6O2S/c1-13-11-17(23-20-12-14-5-3-2-4-6-14)22-18(21-13)24-27(25,26)16-9-7-15(19)8-10-16/h2-12H,19H2,1H3,(H2,21,22,23,24)/b20-12+. The van der Waals surface area contributed by atoms with Gasteiger partial charge in [0.1, 0.15) is 0 Å². The van der Waals surface area contributed by atoms with Gasteiger partial charge in [-0.1, -0.05) is 30.3 Å². The smallest absolute Gasteiger partial charge is 0.264 e. The van der Waals surface area contributed by atoms with Crippen molar-refractivity contribution in [1.29, 1.82) is 0 Å². The van der Waals surface area contributed by atoms with Crippen molar-refractivity contribution < 1.29 is 8.42 Å². The van der Waals surface area contributed by atoms with Gasteiger partial charge in [0, 0.05) is 17.4 Å². The van der Waals surface area contributed by atoms with E-state index in [2.05, 4.69) is 25.2 Å². The summed E-state index contributed by atoms with van der Waals surface area (Å²) < 4.78 is 27.3. The fraction of sp³-hybridized carbons (Fsp3) is 0.0556. The van der Waals surface area contributed by atoms with Crippen molar-refractivity contribution in [2.45, 2.75) is 11.8 Å². The number of hydrogen-bond donors (Lipinski definition) is 3. The zero-order valence-corrected chi connectivity index (χ0v) is 15.3. The number of nitrogens with one attached hydrogen (secondary N) is 2. The molecule has 138 valence electrons. The summed E-state index contributed by atoms with van der Waals surface area (Å²) in [5, 5.41) is 4.10. The van der Waals surface area contributed by atoms with Gasteiger partial charge in [-0.3, -0.25) is 5.43 Å². The largest absolute Gasteiger partial charge is 0.399 e. The molecular formula is C18H18N6O2S. The van der Waals surface area contributed by atoms with Crippen molar-refractivity contribution in [3.63, 3.8) is 0 Å². The van der Waals surface area contributed by atoms with Crippen LogP contribution in [-0.4, -0.2) is 24.6 Å². The predicted octanol–water partition coefficient (Wildman–Crippen LogP) is 2.61. The van der Waals surface area contributed by atoms with E-state index < -0.39 is 10.0 Å². The SMILES string of the molecule is Cc1cc(N/N=C/c2ccccc2)nc(NS(=O)(=O)c2ccc(N)cc2)n1. The van der Waals surface area contributed by atoms with Crippen LogP contribution in [0.4, 0.5) is 17.5 Å². The Balaban J connectivity index is 1.77. The minimum absolute atomic E-state index is 0.0516. The van der Waals surface area contributed by atoms with Crippen molar-refractivity contribution in [3.05, 3.63) is 71.9 Å². The second-order valence-corrected chi connectivity index (χ2v) is 7.36. The van der Waals surface area contributed by atoms with Crippen molar-refractivity contribution in [2.24, 2.45) is 5.10 Å². The summed E-state index contributed by atoms with van der Waals surface area (Å²) in [6.45, 7) is 1.73. The predicted molar refractivity (Wildman–Crippen MR) is 106 cm³/mol. The van der Waals surface area contributed by atoms with Gasteiger partial charge in [0.2, 0.25) is 5.95 Å². The van der Waals surface area contributed by atoms with E-state index in [1.807, 2.05) is 30.3 Å². The van der Waals surface area contributed by atoms with Crippen LogP contribution in [0.2, 0.25) is 0 Å². The average Bonchev–Trinajstić information content (AvgIpc) is 2.62. The van der Waals surface area contributed by atoms with E-state index in [0.29, 0.717) is 17.2 Å². The molecule has 0 unspecified atom stereocenters. The molecule has 27 heavy (non-hydrogen) atoms. The van der Waals surface area contributed by atoms with Crippen LogP contribution in [0.15, 0.2) is 70.7 Å². The molecule has 2 aromatic carbocycles. The lowest BCUT2D eigenvalue weighted by molar-refractivity contribution is 0.601. The van der Waals surface area contributed by atoms with Gasteiger partial charge in [-0.15, -0.1) is 0 Å². The number of aryl methyl sites for hydroxylation is 1. The number of hydrazone groups is 1. The second kappa shape index (κ2) is 7.83. The number of nitrogen functional groups attached to an aromatic ring is 1. The maximum atomic E-state index is 12.5. The number of sulfonamides is 1. The Hall–Kier alpha value is -3.46. The molecule has 4 N–H and O–H groups in total. The van der Waals surface area contributed by atoms with Crippen LogP contribution in [0.25, 0.3) is 0 Å². The van der Waals surface area contributed by atoms with Crippen LogP contribution < -0.4 is 15.9 Å². The third-order valence-electron chi connectivity index (χ3n) is 3.46. The Morgan fingerprint density at radius 3 is 2.44 bits per heavy atom. The zero-order valence-electron chi connectivity index (χ0n) is 14.5. The van der Waals surface area contributed by atoms with Gasteiger partial charge in [-0.25, -0.2) is 18.1 Å². The van der Waals surface area contributed by atoms with Crippen LogP contribution in [0.3, 0.4) is 0 Å². The highest BCUT2D eigenvalue weighted by molar-refractivity contribution is 7.92. The van der Waals surface area contributed by atoms with Gasteiger partial charge in [0.05, 0.1) is 11.1 Å². The fourth-order valence-electron chi connectivity index (χ4n) is 2.21. The lowest BCUT2D eigenvalue weighted by atomic mass is 10.2. The first kappa shape index (κ1) is 18.3. The molecule has 0 spiro atoms. The van der Waals surface area contributed by atoms with Crippen LogP contribution >= 0.6 is 0 Å². The lowest BCUT2D eigenvalue weighted by Gasteiger charge is -2.09. The monoisotopic (exact) mass is 382 g/mol. The Morgan fingerprint density at radius 1 is 1.04 bits per heavy atom. The van der Waals surface area contributed by atoms with Gasteiger partial charge >= 0.3 is 0 Å². The summed E-state index contributed by atoms with van der Waals surface area (Å²) in [5.41, 5.74) is 10.3. The van der Waals surface area contributed by atoms with E-state index in [1.54, 1.807) is 19.2 Å². The molecule has 3 aromatic rings. The van der Waals surface area contributed by atoms with Crippen molar-refractivity contribution in [2.75, 3.05) is 15.9 Å². The highest BCUT2D eigenvalue weighted by Gasteiger charge is 2.16. The van der Waals surface area contributed by atoms with Crippen LogP contribution in [0.1, 0.15) is 11.3 Å². The molecule has 0 aliphatic carbocycles. The minimum Gasteiger partial charge on any atom is -0.399 e. The van der Waals surface area contributed by atoms with Crippen molar-refractivity contribution in [1.82, 2.24) is 9.97 Å². The highest BCUT2D eigenvalue weighted by Crippen LogP contribution is 2.16. The van der Waals surface area contributed by atoms with E-state index in [9.17, 15) is 8.42 Å². The van der Waals surface area contributed by atoms with Gasteiger partial charge in [-0.05, 0) is 36.8 Å². The maximum Gasteiger partial charge on any atom is 0.264 e. The van der Waals surface area contributed by atoms with Gasteiger partial charge < -0.3 is 5.73 Å². The van der Waals surface area contributed by atoms with Crippen LogP contribution in [0.5, 0.6) is 0 Å². The second-order valence-electron chi connectivity index (χ2n) is 5.67. The number of anilines is 3. The Labute approximate surface area is 157 Å². The van der Waals surface area contributed by atoms with Gasteiger partial charge in [0.15, 0.2) is 5.82 Å². The molecule has 1 heterocycles. The third-order valence-corrected chi connectivity index (χ3v) is 4.81. The molecule has 0 aliphatic rings. The first-order chi connectivity index (χ1) is 12.9. The molecule has 0 atom stereocenters. The molecule has 0 radical (unpaired) electrons. The quantitative estimate of drug-likeness (QED) is 0.342. The summed E-state index contributed by atoms with van der Waals surface area (Å²) in [6, 6.07) is 17.0. The third kappa shape index (κ3) is 5.02. The molecule has 0 aliphatic heterocycles. The number of nitrogens with two attached hydrogens (primary N) is 1. The maximum absolute atomic E-state index is 12.5. The Morgan fingerprint density at radius 2 is 1.74 bits per heavy atom. The van der Waals surface area contributed by atoms with E-state index in [1.165, 1.54) is 24.3 Å². The molecule has 9 heteroatoms. The molecule has 0 fully saturated rings. The van der Waals surface area contributed by atoms with Crippen molar-refractivity contribution >= 4 is 33.7 Å². The number of nitrogens with zero attached hydrogens (tertiary/aromatic N) is 3. The number of aromatic nitrogens is 2. The van der Waals surface area contributed by atoms with Gasteiger partial charge in [-0.2, -0.15) is 10.1 Å². The first-order valence-electron chi connectivity index (χ1n) is 8.00. The van der Waals surface area contributed by atoms with Crippen molar-refractivity contribution in [3.8, 4) is 0 Å². The zero-order chi connectivity index (χ0) is 19.3. The summed E-state index contributed by atoms with van der Waals surface area (Å²) >= 11 is 0. The molecule has 1 aromatic heterocycles. The molecule has 0 bridgehead atoms. The molecule has 0 saturated carbocycles. The van der Waals surface area contributed by atoms with E-state index in [4.69, 9.17) is 5.73 Å². The summed E-state index contributed by atoms with van der Waals surface area (Å²) in [4.78, 5) is 8.32. The molecular weight excluding hydrogens is 364 g/mol. The summed E-state index contributed by atoms with van der Waals surface area (Å²) in [5.74, 6) is 0.314. The average molecular weight is 382 g/mol. The number of benzene rings is 2. The topological polar surface area (TPSA) is 122 Å². The normalized spacial score (nSPS) is 11.4. The fourth-order valence-corrected chi connectivity index (χ4v) is 3.15. The van der Waals surface area contributed by atoms with E-state index in [-0.39, 0.29) is 10.8 Å². The molecule has 0 amide bonds. The highest BCUT2D eigenvalue weighted by atomic mass is 32.2. The molecule has 0 saturated heterocycles. The lowest BCUT2D eigenvalue weighted by Crippen LogP contribution is -2.16. The van der Waals surface area contributed by atoms with Crippen LogP contribution in [-0.2, 0) is 10.0 Å².